The van der Waals surface area contributed by atoms with E-state index in [0.29, 0.717) is 6.54 Å². The van der Waals surface area contributed by atoms with Crippen LogP contribution in [0, 0.1) is 0 Å². The highest BCUT2D eigenvalue weighted by Gasteiger charge is 2.07. The Bertz CT molecular complexity index is 207. The number of hydrogen-bond donors (Lipinski definition) is 3. The first kappa shape index (κ1) is 13.9. The summed E-state index contributed by atoms with van der Waals surface area (Å²) < 4.78 is 0. The second-order valence-corrected chi connectivity index (χ2v) is 3.66. The minimum atomic E-state index is -0.360. The van der Waals surface area contributed by atoms with Crippen LogP contribution < -0.4 is 16.4 Å². The molecule has 0 saturated carbocycles. The number of carbonyl (C=O) groups excluding carboxylic acids is 2. The van der Waals surface area contributed by atoms with Crippen molar-refractivity contribution in [2.24, 2.45) is 5.73 Å². The summed E-state index contributed by atoms with van der Waals surface area (Å²) in [6.45, 7) is 4.84. The van der Waals surface area contributed by atoms with E-state index >= 15 is 0 Å². The van der Waals surface area contributed by atoms with Gasteiger partial charge in [-0.1, -0.05) is 13.3 Å². The molecule has 0 aromatic carbocycles. The van der Waals surface area contributed by atoms with Gasteiger partial charge in [0.2, 0.25) is 11.8 Å². The normalized spacial score (nSPS) is 12.1. The van der Waals surface area contributed by atoms with E-state index < -0.39 is 0 Å². The zero-order valence-corrected chi connectivity index (χ0v) is 9.51. The molecule has 0 aliphatic carbocycles. The molecule has 0 rings (SSSR count). The van der Waals surface area contributed by atoms with Crippen LogP contribution in [0.3, 0.4) is 0 Å². The fourth-order valence-electron chi connectivity index (χ4n) is 1.11. The Morgan fingerprint density at radius 1 is 1.40 bits per heavy atom. The number of rotatable bonds is 8. The van der Waals surface area contributed by atoms with Crippen molar-refractivity contribution in [3.8, 4) is 0 Å². The van der Waals surface area contributed by atoms with Crippen molar-refractivity contribution < 1.29 is 9.59 Å². The van der Waals surface area contributed by atoms with Crippen molar-refractivity contribution in [2.45, 2.75) is 39.2 Å². The third-order valence-electron chi connectivity index (χ3n) is 1.97. The number of carbonyl (C=O) groups is 2. The summed E-state index contributed by atoms with van der Waals surface area (Å²) in [4.78, 5) is 21.8. The van der Waals surface area contributed by atoms with Crippen molar-refractivity contribution in [1.82, 2.24) is 10.6 Å². The monoisotopic (exact) mass is 215 g/mol. The topological polar surface area (TPSA) is 84.2 Å². The molecule has 0 saturated heterocycles. The first-order valence-electron chi connectivity index (χ1n) is 5.34. The highest BCUT2D eigenvalue weighted by Crippen LogP contribution is 1.88. The molecule has 2 amide bonds. The first-order chi connectivity index (χ1) is 7.06. The molecule has 0 aliphatic heterocycles. The van der Waals surface area contributed by atoms with E-state index in [9.17, 15) is 9.59 Å². The van der Waals surface area contributed by atoms with Crippen LogP contribution in [0.1, 0.15) is 33.1 Å². The van der Waals surface area contributed by atoms with Gasteiger partial charge in [0.05, 0.1) is 6.54 Å². The average Bonchev–Trinajstić information content (AvgIpc) is 2.14. The molecular formula is C10H21N3O2. The number of hydrogen-bond acceptors (Lipinski definition) is 3. The van der Waals surface area contributed by atoms with E-state index in [4.69, 9.17) is 5.73 Å². The van der Waals surface area contributed by atoms with Gasteiger partial charge in [0.25, 0.3) is 0 Å². The third-order valence-corrected chi connectivity index (χ3v) is 1.97. The van der Waals surface area contributed by atoms with Gasteiger partial charge in [-0.15, -0.1) is 0 Å². The molecule has 5 nitrogen and oxygen atoms in total. The largest absolute Gasteiger partial charge is 0.370 e. The fraction of sp³-hybridized carbons (Fsp3) is 0.800. The maximum atomic E-state index is 11.2. The summed E-state index contributed by atoms with van der Waals surface area (Å²) >= 11 is 0. The molecule has 0 aromatic rings. The lowest BCUT2D eigenvalue weighted by atomic mass is 10.2. The minimum absolute atomic E-state index is 0.0419. The summed E-state index contributed by atoms with van der Waals surface area (Å²) in [6, 6.07) is -0.0561. The number of nitrogens with two attached hydrogens (primary N) is 1. The van der Waals surface area contributed by atoms with Crippen LogP contribution in [0.15, 0.2) is 0 Å². The molecule has 1 atom stereocenters. The van der Waals surface area contributed by atoms with Gasteiger partial charge in [0.15, 0.2) is 0 Å². The van der Waals surface area contributed by atoms with Crippen LogP contribution in [0.2, 0.25) is 0 Å². The number of unbranched alkanes of at least 4 members (excludes halogenated alkanes) is 1. The molecule has 0 spiro atoms. The quantitative estimate of drug-likeness (QED) is 0.488. The zero-order valence-electron chi connectivity index (χ0n) is 9.51. The molecule has 5 heteroatoms. The summed E-state index contributed by atoms with van der Waals surface area (Å²) in [6.07, 6.45) is 2.30. The summed E-state index contributed by atoms with van der Waals surface area (Å²) in [7, 11) is 0. The summed E-state index contributed by atoms with van der Waals surface area (Å²) in [5.74, 6) is -0.402. The van der Waals surface area contributed by atoms with E-state index in [1.54, 1.807) is 0 Å². The summed E-state index contributed by atoms with van der Waals surface area (Å²) in [5.41, 5.74) is 5.02. The van der Waals surface area contributed by atoms with Gasteiger partial charge in [-0.25, -0.2) is 0 Å². The van der Waals surface area contributed by atoms with Gasteiger partial charge in [-0.2, -0.15) is 0 Å². The van der Waals surface area contributed by atoms with Gasteiger partial charge >= 0.3 is 0 Å². The van der Waals surface area contributed by atoms with Crippen LogP contribution >= 0.6 is 0 Å². The van der Waals surface area contributed by atoms with E-state index in [1.807, 2.05) is 6.92 Å². The van der Waals surface area contributed by atoms with Crippen LogP contribution in [-0.2, 0) is 9.59 Å². The summed E-state index contributed by atoms with van der Waals surface area (Å²) in [5, 5.41) is 5.70. The maximum Gasteiger partial charge on any atom is 0.233 e. The predicted molar refractivity (Wildman–Crippen MR) is 59.2 cm³/mol. The molecule has 0 fully saturated rings. The van der Waals surface area contributed by atoms with Gasteiger partial charge in [-0.05, 0) is 13.3 Å². The highest BCUT2D eigenvalue weighted by atomic mass is 16.2. The number of nitrogens with one attached hydrogen (secondary N) is 2. The Hall–Kier alpha value is -1.10. The molecular weight excluding hydrogens is 194 g/mol. The Morgan fingerprint density at radius 2 is 2.07 bits per heavy atom. The standard InChI is InChI=1S/C10H21N3O2/c1-3-4-5-12-10(15)7-13-8(2)6-9(11)14/h8,13H,3-7H2,1-2H3,(H2,11,14)(H,12,15). The van der Waals surface area contributed by atoms with Crippen molar-refractivity contribution in [3.05, 3.63) is 0 Å². The van der Waals surface area contributed by atoms with Gasteiger partial charge in [0.1, 0.15) is 0 Å². The lowest BCUT2D eigenvalue weighted by Crippen LogP contribution is -2.39. The second-order valence-electron chi connectivity index (χ2n) is 3.66. The molecule has 0 radical (unpaired) electrons. The van der Waals surface area contributed by atoms with E-state index in [-0.39, 0.29) is 30.8 Å². The first-order valence-corrected chi connectivity index (χ1v) is 5.34. The van der Waals surface area contributed by atoms with E-state index in [2.05, 4.69) is 17.6 Å². The molecule has 0 heterocycles. The van der Waals surface area contributed by atoms with Crippen molar-refractivity contribution in [1.29, 1.82) is 0 Å². The molecule has 1 unspecified atom stereocenters. The molecule has 0 aliphatic rings. The fourth-order valence-corrected chi connectivity index (χ4v) is 1.11. The number of amides is 2. The number of primary amides is 1. The minimum Gasteiger partial charge on any atom is -0.370 e. The predicted octanol–water partition coefficient (Wildman–Crippen LogP) is -0.244. The average molecular weight is 215 g/mol. The highest BCUT2D eigenvalue weighted by molar-refractivity contribution is 5.78. The van der Waals surface area contributed by atoms with Crippen molar-refractivity contribution in [2.75, 3.05) is 13.1 Å². The molecule has 0 aromatic heterocycles. The van der Waals surface area contributed by atoms with Crippen molar-refractivity contribution >= 4 is 11.8 Å². The Kier molecular flexibility index (Phi) is 7.62. The van der Waals surface area contributed by atoms with Crippen LogP contribution in [-0.4, -0.2) is 30.9 Å². The molecule has 0 bridgehead atoms. The lowest BCUT2D eigenvalue weighted by molar-refractivity contribution is -0.121. The van der Waals surface area contributed by atoms with Gasteiger partial charge < -0.3 is 16.4 Å². The third kappa shape index (κ3) is 9.21. The molecule has 4 N–H and O–H groups in total. The van der Waals surface area contributed by atoms with Crippen molar-refractivity contribution in [3.63, 3.8) is 0 Å². The Balaban J connectivity index is 3.48. The smallest absolute Gasteiger partial charge is 0.233 e. The second kappa shape index (κ2) is 8.23. The van der Waals surface area contributed by atoms with Crippen LogP contribution in [0.4, 0.5) is 0 Å². The van der Waals surface area contributed by atoms with E-state index in [1.165, 1.54) is 0 Å². The van der Waals surface area contributed by atoms with Gasteiger partial charge in [-0.3, -0.25) is 9.59 Å². The SMILES string of the molecule is CCCCNC(=O)CNC(C)CC(N)=O. The zero-order chi connectivity index (χ0) is 11.7. The van der Waals surface area contributed by atoms with Gasteiger partial charge in [0, 0.05) is 19.0 Å². The molecule has 88 valence electrons. The lowest BCUT2D eigenvalue weighted by Gasteiger charge is -2.11. The Labute approximate surface area is 90.8 Å². The Morgan fingerprint density at radius 3 is 2.60 bits per heavy atom. The van der Waals surface area contributed by atoms with Crippen LogP contribution in [0.25, 0.3) is 0 Å². The molecule has 15 heavy (non-hydrogen) atoms. The maximum absolute atomic E-state index is 11.2. The van der Waals surface area contributed by atoms with E-state index in [0.717, 1.165) is 12.8 Å². The van der Waals surface area contributed by atoms with Crippen LogP contribution in [0.5, 0.6) is 0 Å².